The van der Waals surface area contributed by atoms with E-state index in [1.54, 1.807) is 0 Å². The third kappa shape index (κ3) is 4.99. The second-order valence-corrected chi connectivity index (χ2v) is 7.40. The molecule has 1 atom stereocenters. The molecule has 1 saturated heterocycles. The zero-order chi connectivity index (χ0) is 19.1. The Hall–Kier alpha value is -2.57. The van der Waals surface area contributed by atoms with Gasteiger partial charge < -0.3 is 21.3 Å². The summed E-state index contributed by atoms with van der Waals surface area (Å²) in [6, 6.07) is 8.74. The van der Waals surface area contributed by atoms with Crippen LogP contribution in [0.15, 0.2) is 30.3 Å². The lowest BCUT2D eigenvalue weighted by Gasteiger charge is -2.30. The second kappa shape index (κ2) is 8.88. The van der Waals surface area contributed by atoms with Crippen molar-refractivity contribution in [3.05, 3.63) is 35.9 Å². The molecular formula is C20H28N4O3. The van der Waals surface area contributed by atoms with Gasteiger partial charge in [-0.2, -0.15) is 0 Å². The molecule has 146 valence electrons. The summed E-state index contributed by atoms with van der Waals surface area (Å²) < 4.78 is 0. The first-order chi connectivity index (χ1) is 13.1. The minimum atomic E-state index is -0.937. The van der Waals surface area contributed by atoms with Crippen LogP contribution in [0.2, 0.25) is 0 Å². The fraction of sp³-hybridized carbons (Fsp3) is 0.550. The molecule has 1 aliphatic heterocycles. The average molecular weight is 372 g/mol. The van der Waals surface area contributed by atoms with Gasteiger partial charge in [-0.3, -0.25) is 9.59 Å². The second-order valence-electron chi connectivity index (χ2n) is 7.40. The number of carbonyl (C=O) groups excluding carboxylic acids is 3. The molecule has 0 aromatic heterocycles. The van der Waals surface area contributed by atoms with E-state index in [1.165, 1.54) is 0 Å². The maximum absolute atomic E-state index is 13.0. The van der Waals surface area contributed by atoms with E-state index in [-0.39, 0.29) is 17.8 Å². The van der Waals surface area contributed by atoms with E-state index in [4.69, 9.17) is 0 Å². The highest BCUT2D eigenvalue weighted by Crippen LogP contribution is 2.30. The zero-order valence-corrected chi connectivity index (χ0v) is 15.6. The largest absolute Gasteiger partial charge is 0.354 e. The van der Waals surface area contributed by atoms with Crippen LogP contribution in [0.4, 0.5) is 4.79 Å². The van der Waals surface area contributed by atoms with E-state index in [9.17, 15) is 14.4 Å². The summed E-state index contributed by atoms with van der Waals surface area (Å²) in [7, 11) is 0. The average Bonchev–Trinajstić information content (AvgIpc) is 3.06. The Morgan fingerprint density at radius 2 is 1.81 bits per heavy atom. The molecule has 0 bridgehead atoms. The molecule has 1 heterocycles. The Labute approximate surface area is 159 Å². The molecule has 4 N–H and O–H groups in total. The predicted octanol–water partition coefficient (Wildman–Crippen LogP) is 1.58. The number of urea groups is 1. The summed E-state index contributed by atoms with van der Waals surface area (Å²) in [5.41, 5.74) is 0.0561. The molecule has 0 radical (unpaired) electrons. The van der Waals surface area contributed by atoms with Crippen molar-refractivity contribution >= 4 is 17.8 Å². The molecule has 1 aliphatic carbocycles. The topological polar surface area (TPSA) is 99.3 Å². The van der Waals surface area contributed by atoms with Gasteiger partial charge in [-0.1, -0.05) is 43.2 Å². The third-order valence-electron chi connectivity index (χ3n) is 5.38. The van der Waals surface area contributed by atoms with Crippen LogP contribution in [0.3, 0.4) is 0 Å². The highest BCUT2D eigenvalue weighted by molar-refractivity contribution is 5.95. The van der Waals surface area contributed by atoms with E-state index in [2.05, 4.69) is 21.3 Å². The molecule has 7 heteroatoms. The molecule has 0 spiro atoms. The van der Waals surface area contributed by atoms with Gasteiger partial charge >= 0.3 is 6.03 Å². The lowest BCUT2D eigenvalue weighted by atomic mass is 9.95. The molecule has 1 saturated carbocycles. The molecule has 2 fully saturated rings. The summed E-state index contributed by atoms with van der Waals surface area (Å²) in [5, 5.41) is 11.4. The number of hydrogen-bond acceptors (Lipinski definition) is 3. The standard InChI is InChI=1S/C20H28N4O3/c25-17-16(10-4-7-13-21-17)23-18(26)20(11-5-6-12-20)24-19(27)22-14-15-8-2-1-3-9-15/h1-3,8-9,16H,4-7,10-14H2,(H,21,25)(H,23,26)(H2,22,24,27)/t16-/m1/s1. The number of amides is 4. The molecule has 3 rings (SSSR count). The van der Waals surface area contributed by atoms with Crippen molar-refractivity contribution < 1.29 is 14.4 Å². The van der Waals surface area contributed by atoms with E-state index in [1.807, 2.05) is 30.3 Å². The fourth-order valence-corrected chi connectivity index (χ4v) is 3.80. The predicted molar refractivity (Wildman–Crippen MR) is 102 cm³/mol. The maximum atomic E-state index is 13.0. The summed E-state index contributed by atoms with van der Waals surface area (Å²) in [6.45, 7) is 1.05. The number of carbonyl (C=O) groups is 3. The summed E-state index contributed by atoms with van der Waals surface area (Å²) in [5.74, 6) is -0.389. The minimum Gasteiger partial charge on any atom is -0.354 e. The lowest BCUT2D eigenvalue weighted by molar-refractivity contribution is -0.132. The van der Waals surface area contributed by atoms with Crippen molar-refractivity contribution in [1.29, 1.82) is 0 Å². The van der Waals surface area contributed by atoms with Crippen molar-refractivity contribution in [2.75, 3.05) is 6.54 Å². The molecule has 27 heavy (non-hydrogen) atoms. The summed E-state index contributed by atoms with van der Waals surface area (Å²) in [4.78, 5) is 37.5. The monoisotopic (exact) mass is 372 g/mol. The highest BCUT2D eigenvalue weighted by Gasteiger charge is 2.43. The van der Waals surface area contributed by atoms with Gasteiger partial charge in [0.05, 0.1) is 0 Å². The van der Waals surface area contributed by atoms with Gasteiger partial charge in [0.15, 0.2) is 0 Å². The van der Waals surface area contributed by atoms with Crippen LogP contribution in [0, 0.1) is 0 Å². The van der Waals surface area contributed by atoms with E-state index >= 15 is 0 Å². The molecule has 2 aliphatic rings. The molecular weight excluding hydrogens is 344 g/mol. The van der Waals surface area contributed by atoms with Crippen molar-refractivity contribution in [1.82, 2.24) is 21.3 Å². The number of nitrogens with one attached hydrogen (secondary N) is 4. The van der Waals surface area contributed by atoms with Gasteiger partial charge in [0.1, 0.15) is 11.6 Å². The molecule has 1 aromatic carbocycles. The Balaban J connectivity index is 1.59. The van der Waals surface area contributed by atoms with Crippen molar-refractivity contribution in [2.24, 2.45) is 0 Å². The highest BCUT2D eigenvalue weighted by atomic mass is 16.2. The Morgan fingerprint density at radius 1 is 1.07 bits per heavy atom. The normalized spacial score (nSPS) is 21.6. The lowest BCUT2D eigenvalue weighted by Crippen LogP contribution is -2.61. The van der Waals surface area contributed by atoms with Gasteiger partial charge in [-0.15, -0.1) is 0 Å². The van der Waals surface area contributed by atoms with Crippen LogP contribution in [-0.4, -0.2) is 36.0 Å². The van der Waals surface area contributed by atoms with Crippen molar-refractivity contribution in [3.63, 3.8) is 0 Å². The van der Waals surface area contributed by atoms with Crippen LogP contribution < -0.4 is 21.3 Å². The maximum Gasteiger partial charge on any atom is 0.315 e. The van der Waals surface area contributed by atoms with Crippen molar-refractivity contribution in [3.8, 4) is 0 Å². The van der Waals surface area contributed by atoms with E-state index in [0.29, 0.717) is 32.4 Å². The van der Waals surface area contributed by atoms with E-state index < -0.39 is 11.6 Å². The first-order valence-electron chi connectivity index (χ1n) is 9.78. The Kier molecular flexibility index (Phi) is 6.32. The van der Waals surface area contributed by atoms with Gasteiger partial charge in [0.2, 0.25) is 11.8 Å². The molecule has 4 amide bonds. The van der Waals surface area contributed by atoms with Crippen LogP contribution >= 0.6 is 0 Å². The minimum absolute atomic E-state index is 0.137. The number of hydrogen-bond donors (Lipinski definition) is 4. The van der Waals surface area contributed by atoms with Crippen LogP contribution in [0.1, 0.15) is 50.5 Å². The first-order valence-corrected chi connectivity index (χ1v) is 9.78. The fourth-order valence-electron chi connectivity index (χ4n) is 3.80. The molecule has 7 nitrogen and oxygen atoms in total. The third-order valence-corrected chi connectivity index (χ3v) is 5.38. The number of rotatable bonds is 5. The summed E-state index contributed by atoms with van der Waals surface area (Å²) in [6.07, 6.45) is 5.38. The molecule has 0 unspecified atom stereocenters. The Bertz CT molecular complexity index is 671. The first kappa shape index (κ1) is 19.2. The zero-order valence-electron chi connectivity index (χ0n) is 15.6. The van der Waals surface area contributed by atoms with Gasteiger partial charge in [-0.05, 0) is 37.7 Å². The number of benzene rings is 1. The van der Waals surface area contributed by atoms with Crippen LogP contribution in [0.5, 0.6) is 0 Å². The smallest absolute Gasteiger partial charge is 0.315 e. The SMILES string of the molecule is O=C(NCc1ccccc1)NC1(C(=O)N[C@@H]2CCCCNC2=O)CCCC1. The van der Waals surface area contributed by atoms with Crippen molar-refractivity contribution in [2.45, 2.75) is 63.1 Å². The Morgan fingerprint density at radius 3 is 2.56 bits per heavy atom. The van der Waals surface area contributed by atoms with Gasteiger partial charge in [-0.25, -0.2) is 4.79 Å². The summed E-state index contributed by atoms with van der Waals surface area (Å²) >= 11 is 0. The van der Waals surface area contributed by atoms with Crippen LogP contribution in [-0.2, 0) is 16.1 Å². The van der Waals surface area contributed by atoms with Gasteiger partial charge in [0, 0.05) is 13.1 Å². The molecule has 1 aromatic rings. The van der Waals surface area contributed by atoms with Crippen LogP contribution in [0.25, 0.3) is 0 Å². The van der Waals surface area contributed by atoms with E-state index in [0.717, 1.165) is 31.2 Å². The quantitative estimate of drug-likeness (QED) is 0.631. The van der Waals surface area contributed by atoms with Gasteiger partial charge in [0.25, 0.3) is 0 Å².